The molecule has 23 heavy (non-hydrogen) atoms. The molecule has 0 radical (unpaired) electrons. The van der Waals surface area contributed by atoms with Crippen LogP contribution in [0.3, 0.4) is 0 Å². The van der Waals surface area contributed by atoms with E-state index in [9.17, 15) is 9.59 Å². The molecule has 0 spiro atoms. The summed E-state index contributed by atoms with van der Waals surface area (Å²) in [7, 11) is 0. The van der Waals surface area contributed by atoms with E-state index in [1.165, 1.54) is 0 Å². The van der Waals surface area contributed by atoms with Gasteiger partial charge in [-0.25, -0.2) is 0 Å². The van der Waals surface area contributed by atoms with Crippen LogP contribution in [0, 0.1) is 5.41 Å². The molecule has 1 aliphatic heterocycles. The third-order valence-electron chi connectivity index (χ3n) is 4.06. The van der Waals surface area contributed by atoms with E-state index in [1.54, 1.807) is 18.2 Å². The van der Waals surface area contributed by atoms with E-state index in [4.69, 9.17) is 0 Å². The SMILES string of the molecule is CCCNC(=O)c1cccc(NC(=O)C2(C)CCCNC2)c1.Cl. The van der Waals surface area contributed by atoms with Gasteiger partial charge in [0.05, 0.1) is 5.41 Å². The van der Waals surface area contributed by atoms with Crippen LogP contribution < -0.4 is 16.0 Å². The third kappa shape index (κ3) is 5.22. The van der Waals surface area contributed by atoms with Gasteiger partial charge in [0.25, 0.3) is 5.91 Å². The van der Waals surface area contributed by atoms with Crippen molar-refractivity contribution < 1.29 is 9.59 Å². The molecule has 1 aliphatic rings. The largest absolute Gasteiger partial charge is 0.352 e. The molecule has 1 aromatic carbocycles. The molecule has 1 atom stereocenters. The van der Waals surface area contributed by atoms with Gasteiger partial charge in [0, 0.05) is 24.3 Å². The van der Waals surface area contributed by atoms with Crippen molar-refractivity contribution in [2.75, 3.05) is 25.0 Å². The number of carbonyl (C=O) groups excluding carboxylic acids is 2. The van der Waals surface area contributed by atoms with Gasteiger partial charge in [0.1, 0.15) is 0 Å². The summed E-state index contributed by atoms with van der Waals surface area (Å²) in [6, 6.07) is 7.08. The zero-order valence-corrected chi connectivity index (χ0v) is 14.6. The van der Waals surface area contributed by atoms with Gasteiger partial charge in [-0.2, -0.15) is 0 Å². The van der Waals surface area contributed by atoms with E-state index in [0.29, 0.717) is 24.3 Å². The average Bonchev–Trinajstić information content (AvgIpc) is 2.53. The normalized spacial score (nSPS) is 20.3. The van der Waals surface area contributed by atoms with E-state index >= 15 is 0 Å². The highest BCUT2D eigenvalue weighted by molar-refractivity contribution is 5.98. The van der Waals surface area contributed by atoms with Gasteiger partial charge in [-0.3, -0.25) is 9.59 Å². The Bertz CT molecular complexity index is 542. The van der Waals surface area contributed by atoms with Crippen molar-refractivity contribution in [2.24, 2.45) is 5.41 Å². The summed E-state index contributed by atoms with van der Waals surface area (Å²) >= 11 is 0. The van der Waals surface area contributed by atoms with Crippen molar-refractivity contribution in [1.82, 2.24) is 10.6 Å². The first kappa shape index (κ1) is 19.5. The molecule has 2 rings (SSSR count). The lowest BCUT2D eigenvalue weighted by atomic mass is 9.82. The Morgan fingerprint density at radius 1 is 1.35 bits per heavy atom. The van der Waals surface area contributed by atoms with Gasteiger partial charge in [-0.1, -0.05) is 13.0 Å². The van der Waals surface area contributed by atoms with Crippen molar-refractivity contribution in [1.29, 1.82) is 0 Å². The van der Waals surface area contributed by atoms with E-state index in [0.717, 1.165) is 25.8 Å². The number of amides is 2. The minimum atomic E-state index is -0.390. The maximum absolute atomic E-state index is 12.5. The third-order valence-corrected chi connectivity index (χ3v) is 4.06. The standard InChI is InChI=1S/C17H25N3O2.ClH/c1-3-9-19-15(21)13-6-4-7-14(11-13)20-16(22)17(2)8-5-10-18-12-17;/h4,6-7,11,18H,3,5,8-10,12H2,1-2H3,(H,19,21)(H,20,22);1H. The molecule has 0 saturated carbocycles. The van der Waals surface area contributed by atoms with Crippen LogP contribution in [0.4, 0.5) is 5.69 Å². The van der Waals surface area contributed by atoms with Crippen molar-refractivity contribution in [3.63, 3.8) is 0 Å². The number of hydrogen-bond donors (Lipinski definition) is 3. The number of piperidine rings is 1. The van der Waals surface area contributed by atoms with Crippen molar-refractivity contribution >= 4 is 29.9 Å². The van der Waals surface area contributed by atoms with Gasteiger partial charge in [-0.15, -0.1) is 12.4 Å². The molecule has 0 bridgehead atoms. The summed E-state index contributed by atoms with van der Waals surface area (Å²) in [5, 5.41) is 9.05. The first-order valence-corrected chi connectivity index (χ1v) is 7.95. The summed E-state index contributed by atoms with van der Waals surface area (Å²) in [5.41, 5.74) is 0.845. The lowest BCUT2D eigenvalue weighted by Crippen LogP contribution is -2.46. The Labute approximate surface area is 144 Å². The van der Waals surface area contributed by atoms with E-state index in [-0.39, 0.29) is 24.2 Å². The van der Waals surface area contributed by atoms with E-state index < -0.39 is 5.41 Å². The fourth-order valence-corrected chi connectivity index (χ4v) is 2.61. The zero-order chi connectivity index (χ0) is 16.0. The number of benzene rings is 1. The second kappa shape index (κ2) is 8.89. The fraction of sp³-hybridized carbons (Fsp3) is 0.529. The molecule has 5 nitrogen and oxygen atoms in total. The maximum Gasteiger partial charge on any atom is 0.251 e. The van der Waals surface area contributed by atoms with Gasteiger partial charge >= 0.3 is 0 Å². The predicted molar refractivity (Wildman–Crippen MR) is 95.2 cm³/mol. The van der Waals surface area contributed by atoms with Crippen LogP contribution in [0.1, 0.15) is 43.5 Å². The Balaban J connectivity index is 0.00000264. The number of carbonyl (C=O) groups is 2. The van der Waals surface area contributed by atoms with E-state index in [2.05, 4.69) is 16.0 Å². The van der Waals surface area contributed by atoms with Crippen molar-refractivity contribution in [2.45, 2.75) is 33.1 Å². The molecule has 1 saturated heterocycles. The first-order chi connectivity index (χ1) is 10.5. The lowest BCUT2D eigenvalue weighted by Gasteiger charge is -2.32. The molecular formula is C17H26ClN3O2. The molecule has 1 fully saturated rings. The smallest absolute Gasteiger partial charge is 0.251 e. The maximum atomic E-state index is 12.5. The van der Waals surface area contributed by atoms with Gasteiger partial charge in [0.15, 0.2) is 0 Å². The second-order valence-electron chi connectivity index (χ2n) is 6.13. The van der Waals surface area contributed by atoms with E-state index in [1.807, 2.05) is 19.9 Å². The minimum absolute atomic E-state index is 0. The molecule has 128 valence electrons. The number of halogens is 1. The Morgan fingerprint density at radius 3 is 2.78 bits per heavy atom. The molecular weight excluding hydrogens is 314 g/mol. The quantitative estimate of drug-likeness (QED) is 0.772. The van der Waals surface area contributed by atoms with Crippen LogP contribution in [0.25, 0.3) is 0 Å². The Morgan fingerprint density at radius 2 is 2.13 bits per heavy atom. The summed E-state index contributed by atoms with van der Waals surface area (Å²) in [4.78, 5) is 24.5. The minimum Gasteiger partial charge on any atom is -0.352 e. The van der Waals surface area contributed by atoms with Gasteiger partial charge < -0.3 is 16.0 Å². The van der Waals surface area contributed by atoms with Crippen LogP contribution in [0.5, 0.6) is 0 Å². The van der Waals surface area contributed by atoms with Crippen molar-refractivity contribution in [3.8, 4) is 0 Å². The Kier molecular flexibility index (Phi) is 7.52. The Hall–Kier alpha value is -1.59. The highest BCUT2D eigenvalue weighted by Gasteiger charge is 2.34. The monoisotopic (exact) mass is 339 g/mol. The van der Waals surface area contributed by atoms with Crippen LogP contribution in [-0.2, 0) is 4.79 Å². The topological polar surface area (TPSA) is 70.2 Å². The van der Waals surface area contributed by atoms with Crippen LogP contribution in [-0.4, -0.2) is 31.4 Å². The fourth-order valence-electron chi connectivity index (χ4n) is 2.61. The molecule has 0 aromatic heterocycles. The molecule has 1 unspecified atom stereocenters. The molecule has 1 heterocycles. The molecule has 6 heteroatoms. The van der Waals surface area contributed by atoms with Crippen LogP contribution >= 0.6 is 12.4 Å². The number of hydrogen-bond acceptors (Lipinski definition) is 3. The average molecular weight is 340 g/mol. The van der Waals surface area contributed by atoms with Crippen LogP contribution in [0.15, 0.2) is 24.3 Å². The summed E-state index contributed by atoms with van der Waals surface area (Å²) in [6.07, 6.45) is 2.78. The second-order valence-corrected chi connectivity index (χ2v) is 6.13. The summed E-state index contributed by atoms with van der Waals surface area (Å²) < 4.78 is 0. The zero-order valence-electron chi connectivity index (χ0n) is 13.8. The highest BCUT2D eigenvalue weighted by atomic mass is 35.5. The first-order valence-electron chi connectivity index (χ1n) is 7.95. The number of anilines is 1. The summed E-state index contributed by atoms with van der Waals surface area (Å²) in [6.45, 7) is 6.30. The number of nitrogens with one attached hydrogen (secondary N) is 3. The lowest BCUT2D eigenvalue weighted by molar-refractivity contribution is -0.125. The van der Waals surface area contributed by atoms with Crippen LogP contribution in [0.2, 0.25) is 0 Å². The molecule has 3 N–H and O–H groups in total. The summed E-state index contributed by atoms with van der Waals surface area (Å²) in [5.74, 6) is -0.102. The van der Waals surface area contributed by atoms with Crippen molar-refractivity contribution in [3.05, 3.63) is 29.8 Å². The highest BCUT2D eigenvalue weighted by Crippen LogP contribution is 2.27. The molecule has 2 amide bonds. The molecule has 0 aliphatic carbocycles. The number of rotatable bonds is 5. The van der Waals surface area contributed by atoms with Gasteiger partial charge in [-0.05, 0) is 50.9 Å². The van der Waals surface area contributed by atoms with Gasteiger partial charge in [0.2, 0.25) is 5.91 Å². The molecule has 1 aromatic rings. The predicted octanol–water partition coefficient (Wildman–Crippen LogP) is 2.58.